The third-order valence-corrected chi connectivity index (χ3v) is 12.5. The molecule has 164 valence electrons. The number of hydrogen-bond acceptors (Lipinski definition) is 2. The predicted octanol–water partition coefficient (Wildman–Crippen LogP) is 2.40. The zero-order chi connectivity index (χ0) is 20.9. The van der Waals surface area contributed by atoms with E-state index in [9.17, 15) is 0 Å². The van der Waals surface area contributed by atoms with Crippen LogP contribution >= 0.6 is 11.8 Å². The van der Waals surface area contributed by atoms with Gasteiger partial charge >= 0.3 is 201 Å². The van der Waals surface area contributed by atoms with Crippen molar-refractivity contribution in [3.05, 3.63) is 104 Å². The molecule has 3 aliphatic rings. The Kier molecular flexibility index (Phi) is 7.46. The first-order valence-corrected chi connectivity index (χ1v) is 14.3. The van der Waals surface area contributed by atoms with Gasteiger partial charge in [0.15, 0.2) is 0 Å². The first-order valence-electron chi connectivity index (χ1n) is 10.8. The minimum absolute atomic E-state index is 0. The molecule has 3 aromatic rings. The summed E-state index contributed by atoms with van der Waals surface area (Å²) < 4.78 is 2.40. The van der Waals surface area contributed by atoms with Crippen LogP contribution in [0.25, 0.3) is 6.08 Å². The molecule has 0 spiro atoms. The fourth-order valence-electron chi connectivity index (χ4n) is 4.85. The van der Waals surface area contributed by atoms with Crippen molar-refractivity contribution >= 4 is 34.9 Å². The summed E-state index contributed by atoms with van der Waals surface area (Å²) >= 11 is 1.16. The van der Waals surface area contributed by atoms with Crippen LogP contribution in [0.15, 0.2) is 103 Å². The number of allylic oxidation sites excluding steroid dienone is 5. The Hall–Kier alpha value is -1.51. The average molecular weight is 568 g/mol. The topological polar surface area (TPSA) is 3.24 Å². The average Bonchev–Trinajstić information content (AvgIpc) is 3.34. The van der Waals surface area contributed by atoms with Crippen molar-refractivity contribution in [2.45, 2.75) is 33.7 Å². The second-order valence-corrected chi connectivity index (χ2v) is 13.1. The number of anilines is 3. The molecule has 33 heavy (non-hydrogen) atoms. The van der Waals surface area contributed by atoms with Gasteiger partial charge in [0.1, 0.15) is 0 Å². The summed E-state index contributed by atoms with van der Waals surface area (Å²) in [5.41, 5.74) is 9.93. The van der Waals surface area contributed by atoms with E-state index in [0.29, 0.717) is 3.63 Å². The minimum Gasteiger partial charge on any atom is -1.00 e. The summed E-state index contributed by atoms with van der Waals surface area (Å²) in [6.07, 6.45) is 8.32. The molecule has 0 aromatic heterocycles. The number of benzene rings is 3. The van der Waals surface area contributed by atoms with E-state index in [4.69, 9.17) is 0 Å². The summed E-state index contributed by atoms with van der Waals surface area (Å²) in [5, 5.41) is 0. The van der Waals surface area contributed by atoms with Gasteiger partial charge in [0.2, 0.25) is 0 Å². The van der Waals surface area contributed by atoms with E-state index in [-0.39, 0.29) is 24.8 Å². The van der Waals surface area contributed by atoms with Crippen molar-refractivity contribution in [3.8, 4) is 0 Å². The predicted molar refractivity (Wildman–Crippen MR) is 128 cm³/mol. The second-order valence-electron chi connectivity index (χ2n) is 8.39. The maximum atomic E-state index is 2.48. The molecule has 0 amide bonds. The van der Waals surface area contributed by atoms with E-state index >= 15 is 0 Å². The molecule has 1 nitrogen and oxygen atoms in total. The summed E-state index contributed by atoms with van der Waals surface area (Å²) in [7, 11) is 0. The van der Waals surface area contributed by atoms with E-state index in [1.807, 2.05) is 11.8 Å². The molecule has 0 fully saturated rings. The molecule has 0 radical (unpaired) electrons. The van der Waals surface area contributed by atoms with Crippen LogP contribution < -0.4 is 29.7 Å². The van der Waals surface area contributed by atoms with Gasteiger partial charge in [-0.15, -0.1) is 0 Å². The first kappa shape index (κ1) is 24.6. The Bertz CT molecular complexity index is 1270. The molecule has 0 saturated carbocycles. The van der Waals surface area contributed by atoms with Crippen molar-refractivity contribution in [2.75, 3.05) is 4.90 Å². The van der Waals surface area contributed by atoms with E-state index in [1.54, 1.807) is 14.4 Å². The molecule has 6 rings (SSSR count). The summed E-state index contributed by atoms with van der Waals surface area (Å²) in [6.45, 7) is 4.64. The zero-order valence-electron chi connectivity index (χ0n) is 18.5. The van der Waals surface area contributed by atoms with E-state index in [1.165, 1.54) is 44.4 Å². The number of nitrogens with zero attached hydrogens (tertiary/aromatic N) is 1. The Labute approximate surface area is 224 Å². The molecule has 1 heterocycles. The molecule has 0 N–H and O–H groups in total. The molecule has 3 aromatic carbocycles. The Morgan fingerprint density at radius 3 is 2.09 bits per heavy atom. The van der Waals surface area contributed by atoms with Crippen LogP contribution in [0.1, 0.15) is 35.0 Å². The van der Waals surface area contributed by atoms with Crippen molar-refractivity contribution in [1.82, 2.24) is 0 Å². The van der Waals surface area contributed by atoms with E-state index in [0.717, 1.165) is 0 Å². The Morgan fingerprint density at radius 1 is 0.818 bits per heavy atom. The van der Waals surface area contributed by atoms with Gasteiger partial charge < -0.3 is 24.8 Å². The van der Waals surface area contributed by atoms with Crippen molar-refractivity contribution in [2.24, 2.45) is 0 Å². The van der Waals surface area contributed by atoms with Gasteiger partial charge in [0.25, 0.3) is 0 Å². The van der Waals surface area contributed by atoms with Crippen molar-refractivity contribution in [3.63, 3.8) is 0 Å². The zero-order valence-corrected chi connectivity index (χ0v) is 23.3. The number of halogens is 2. The van der Waals surface area contributed by atoms with Gasteiger partial charge in [0.05, 0.1) is 0 Å². The number of fused-ring (bicyclic) bond motifs is 3. The summed E-state index contributed by atoms with van der Waals surface area (Å²) in [6, 6.07) is 24.6. The van der Waals surface area contributed by atoms with E-state index in [2.05, 4.69) is 104 Å². The molecule has 0 bridgehead atoms. The third kappa shape index (κ3) is 4.23. The SMILES string of the molecule is CC1=Cc2c(cccc2N2c3ccccc3Sc3ccccc32)[CH]1[Zr+2][C]1=C(C)C=CC1.[Cl-].[Cl-]. The molecular weight excluding hydrogens is 545 g/mol. The quantitative estimate of drug-likeness (QED) is 0.374. The number of rotatable bonds is 3. The van der Waals surface area contributed by atoms with Gasteiger partial charge in [-0.05, 0) is 0 Å². The molecule has 1 aliphatic heterocycles. The normalized spacial score (nSPS) is 17.3. The Balaban J connectivity index is 0.00000130. The van der Waals surface area contributed by atoms with Gasteiger partial charge in [-0.3, -0.25) is 0 Å². The van der Waals surface area contributed by atoms with Crippen LogP contribution in [0.3, 0.4) is 0 Å². The molecular formula is C28H23Cl2NSZr. The number of hydrogen-bond donors (Lipinski definition) is 0. The maximum absolute atomic E-state index is 2.48. The van der Waals surface area contributed by atoms with Gasteiger partial charge in [-0.1, -0.05) is 0 Å². The number of para-hydroxylation sites is 2. The van der Waals surface area contributed by atoms with Crippen LogP contribution in [0, 0.1) is 0 Å². The smallest absolute Gasteiger partial charge is 1.00 e. The largest absolute Gasteiger partial charge is 1.00 e. The van der Waals surface area contributed by atoms with Crippen LogP contribution in [0.4, 0.5) is 17.1 Å². The maximum Gasteiger partial charge on any atom is -1.00 e. The summed E-state index contributed by atoms with van der Waals surface area (Å²) in [4.78, 5) is 5.13. The van der Waals surface area contributed by atoms with Crippen molar-refractivity contribution in [1.29, 1.82) is 0 Å². The van der Waals surface area contributed by atoms with Crippen molar-refractivity contribution < 1.29 is 48.0 Å². The standard InChI is InChI=1S/C22H16NS.C6H7.2ClH.Zr/c1-15-13-16-7-6-10-18(17(16)14-15)23-19-8-2-4-11-21(19)24-22-12-5-3-9-20(22)23;1-6-4-2-3-5-6;;;/h2-14H,1H3;2,4H,3H2,1H3;2*1H;/q;;;;+2/p-2. The monoisotopic (exact) mass is 565 g/mol. The van der Waals surface area contributed by atoms with Crippen LogP contribution in [0.5, 0.6) is 0 Å². The van der Waals surface area contributed by atoms with Gasteiger partial charge in [-0.25, -0.2) is 0 Å². The van der Waals surface area contributed by atoms with Gasteiger partial charge in [-0.2, -0.15) is 0 Å². The van der Waals surface area contributed by atoms with E-state index < -0.39 is 23.2 Å². The minimum atomic E-state index is -0.712. The fraction of sp³-hybridized carbons (Fsp3) is 0.143. The van der Waals surface area contributed by atoms with Crippen LogP contribution in [0.2, 0.25) is 0 Å². The van der Waals surface area contributed by atoms with Crippen LogP contribution in [-0.2, 0) is 23.2 Å². The molecule has 5 heteroatoms. The first-order chi connectivity index (χ1) is 15.2. The van der Waals surface area contributed by atoms with Crippen LogP contribution in [-0.4, -0.2) is 0 Å². The van der Waals surface area contributed by atoms with Gasteiger partial charge in [0, 0.05) is 0 Å². The fourth-order valence-corrected chi connectivity index (χ4v) is 9.87. The molecule has 1 unspecified atom stereocenters. The molecule has 1 atom stereocenters. The molecule has 2 aliphatic carbocycles. The Morgan fingerprint density at radius 2 is 1.45 bits per heavy atom. The molecule has 0 saturated heterocycles. The third-order valence-electron chi connectivity index (χ3n) is 6.41. The summed E-state index contributed by atoms with van der Waals surface area (Å²) in [5.74, 6) is 0. The second kappa shape index (κ2) is 10.0.